The molecule has 1 aromatic rings. The van der Waals surface area contributed by atoms with E-state index in [1.54, 1.807) is 0 Å². The molecule has 0 N–H and O–H groups in total. The summed E-state index contributed by atoms with van der Waals surface area (Å²) in [4.78, 5) is -0.429. The Kier molecular flexibility index (Phi) is 6.28. The molecule has 0 spiro atoms. The quantitative estimate of drug-likeness (QED) is 0.449. The summed E-state index contributed by atoms with van der Waals surface area (Å²) in [6.07, 6.45) is 0. The molecule has 1 rings (SSSR count). The van der Waals surface area contributed by atoms with E-state index in [1.165, 1.54) is 21.3 Å². The largest absolute Gasteiger partial charge is 1.00 e. The van der Waals surface area contributed by atoms with Crippen LogP contribution in [0.3, 0.4) is 0 Å². The normalized spacial score (nSPS) is 10.4. The van der Waals surface area contributed by atoms with E-state index in [9.17, 15) is 13.0 Å². The molecule has 0 aliphatic rings. The maximum absolute atomic E-state index is 10.9. The molecule has 0 atom stereocenters. The van der Waals surface area contributed by atoms with Crippen LogP contribution in [0, 0.1) is 0 Å². The molecule has 6 nitrogen and oxygen atoms in total. The van der Waals surface area contributed by atoms with Crippen LogP contribution in [0.1, 0.15) is 0 Å². The Balaban J connectivity index is 0.00000256. The molecule has 0 heterocycles. The topological polar surface area (TPSA) is 84.9 Å². The number of ether oxygens (including phenoxy) is 3. The first-order valence-corrected chi connectivity index (χ1v) is 5.60. The standard InChI is InChI=1S/C9H12O6S.Na/c1-13-7-4-6(16(10,11)12)5-8(14-2)9(7)15-3;/h4-5H,1-3H3,(H,10,11,12);/q;+1/p-1. The number of hydrogen-bond acceptors (Lipinski definition) is 6. The average molecular weight is 270 g/mol. The number of hydrogen-bond donors (Lipinski definition) is 0. The van der Waals surface area contributed by atoms with Crippen LogP contribution in [0.15, 0.2) is 17.0 Å². The second-order valence-corrected chi connectivity index (χ2v) is 4.19. The summed E-state index contributed by atoms with van der Waals surface area (Å²) in [5.41, 5.74) is 0. The summed E-state index contributed by atoms with van der Waals surface area (Å²) < 4.78 is 47.4. The van der Waals surface area contributed by atoms with Crippen LogP contribution >= 0.6 is 0 Å². The van der Waals surface area contributed by atoms with Crippen LogP contribution in [0.2, 0.25) is 0 Å². The van der Waals surface area contributed by atoms with Crippen LogP contribution in [-0.2, 0) is 10.1 Å². The van der Waals surface area contributed by atoms with Gasteiger partial charge in [0.25, 0.3) is 0 Å². The molecular formula is C9H11NaO6S. The van der Waals surface area contributed by atoms with Crippen LogP contribution < -0.4 is 43.8 Å². The number of methoxy groups -OCH3 is 3. The van der Waals surface area contributed by atoms with Gasteiger partial charge >= 0.3 is 29.6 Å². The second kappa shape index (κ2) is 6.46. The number of rotatable bonds is 4. The minimum absolute atomic E-state index is 0. The molecule has 0 fully saturated rings. The maximum atomic E-state index is 10.9. The number of benzene rings is 1. The molecule has 17 heavy (non-hydrogen) atoms. The van der Waals surface area contributed by atoms with E-state index in [0.29, 0.717) is 0 Å². The molecule has 0 aliphatic carbocycles. The fraction of sp³-hybridized carbons (Fsp3) is 0.333. The zero-order chi connectivity index (χ0) is 12.3. The molecule has 0 amide bonds. The van der Waals surface area contributed by atoms with E-state index in [-0.39, 0.29) is 46.8 Å². The first kappa shape index (κ1) is 16.5. The molecule has 0 aliphatic heterocycles. The predicted octanol–water partition coefficient (Wildman–Crippen LogP) is -2.38. The minimum Gasteiger partial charge on any atom is -0.744 e. The third-order valence-electron chi connectivity index (χ3n) is 1.93. The monoisotopic (exact) mass is 270 g/mol. The van der Waals surface area contributed by atoms with Crippen molar-refractivity contribution in [3.8, 4) is 17.2 Å². The summed E-state index contributed by atoms with van der Waals surface area (Å²) >= 11 is 0. The van der Waals surface area contributed by atoms with Gasteiger partial charge in [0, 0.05) is 12.1 Å². The van der Waals surface area contributed by atoms with Gasteiger partial charge in [-0.3, -0.25) is 0 Å². The zero-order valence-corrected chi connectivity index (χ0v) is 12.8. The van der Waals surface area contributed by atoms with Gasteiger partial charge in [-0.1, -0.05) is 0 Å². The maximum Gasteiger partial charge on any atom is 1.00 e. The van der Waals surface area contributed by atoms with E-state index in [0.717, 1.165) is 12.1 Å². The van der Waals surface area contributed by atoms with Gasteiger partial charge in [0.1, 0.15) is 10.1 Å². The SMILES string of the molecule is COc1cc(S(=O)(=O)[O-])cc(OC)c1OC.[Na+]. The van der Waals surface area contributed by atoms with Crippen molar-refractivity contribution in [2.75, 3.05) is 21.3 Å². The van der Waals surface area contributed by atoms with Gasteiger partial charge in [-0.05, 0) is 0 Å². The first-order valence-electron chi connectivity index (χ1n) is 4.20. The summed E-state index contributed by atoms with van der Waals surface area (Å²) in [6.45, 7) is 0. The van der Waals surface area contributed by atoms with Crippen molar-refractivity contribution < 1.29 is 56.7 Å². The average Bonchev–Trinajstić information content (AvgIpc) is 2.25. The predicted molar refractivity (Wildman–Crippen MR) is 54.1 cm³/mol. The Morgan fingerprint density at radius 1 is 1.00 bits per heavy atom. The molecule has 0 bridgehead atoms. The van der Waals surface area contributed by atoms with Gasteiger partial charge < -0.3 is 18.8 Å². The van der Waals surface area contributed by atoms with Gasteiger partial charge in [-0.2, -0.15) is 0 Å². The van der Waals surface area contributed by atoms with E-state index < -0.39 is 15.0 Å². The molecule has 0 radical (unpaired) electrons. The fourth-order valence-corrected chi connectivity index (χ4v) is 1.70. The molecule has 0 saturated heterocycles. The van der Waals surface area contributed by atoms with Crippen LogP contribution in [0.25, 0.3) is 0 Å². The zero-order valence-electron chi connectivity index (χ0n) is 10.0. The molecule has 8 heteroatoms. The smallest absolute Gasteiger partial charge is 0.744 e. The van der Waals surface area contributed by atoms with Gasteiger partial charge in [0.15, 0.2) is 11.5 Å². The molecule has 0 saturated carbocycles. The molecular weight excluding hydrogens is 259 g/mol. The van der Waals surface area contributed by atoms with Gasteiger partial charge in [0.2, 0.25) is 5.75 Å². The van der Waals surface area contributed by atoms with E-state index in [1.807, 2.05) is 0 Å². The third-order valence-corrected chi connectivity index (χ3v) is 2.74. The van der Waals surface area contributed by atoms with Gasteiger partial charge in [-0.15, -0.1) is 0 Å². The van der Waals surface area contributed by atoms with E-state index >= 15 is 0 Å². The Morgan fingerprint density at radius 2 is 1.41 bits per heavy atom. The summed E-state index contributed by atoms with van der Waals surface area (Å²) in [5.74, 6) is 0.477. The van der Waals surface area contributed by atoms with E-state index in [2.05, 4.69) is 0 Å². The Hall–Kier alpha value is -0.470. The summed E-state index contributed by atoms with van der Waals surface area (Å²) in [6, 6.07) is 2.17. The van der Waals surface area contributed by atoms with E-state index in [4.69, 9.17) is 14.2 Å². The molecule has 0 unspecified atom stereocenters. The molecule has 90 valence electrons. The fourth-order valence-electron chi connectivity index (χ4n) is 1.20. The van der Waals surface area contributed by atoms with Crippen molar-refractivity contribution in [3.05, 3.63) is 12.1 Å². The minimum atomic E-state index is -4.56. The van der Waals surface area contributed by atoms with Crippen molar-refractivity contribution in [1.82, 2.24) is 0 Å². The van der Waals surface area contributed by atoms with Crippen molar-refractivity contribution in [3.63, 3.8) is 0 Å². The van der Waals surface area contributed by atoms with Gasteiger partial charge in [0.05, 0.1) is 26.2 Å². The summed E-state index contributed by atoms with van der Waals surface area (Å²) in [7, 11) is -0.514. The first-order chi connectivity index (χ1) is 7.43. The third kappa shape index (κ3) is 3.75. The van der Waals surface area contributed by atoms with Crippen LogP contribution in [0.4, 0.5) is 0 Å². The van der Waals surface area contributed by atoms with Gasteiger partial charge in [-0.25, -0.2) is 8.42 Å². The van der Waals surface area contributed by atoms with Crippen LogP contribution in [0.5, 0.6) is 17.2 Å². The van der Waals surface area contributed by atoms with Crippen molar-refractivity contribution >= 4 is 10.1 Å². The second-order valence-electron chi connectivity index (χ2n) is 2.82. The Morgan fingerprint density at radius 3 is 1.65 bits per heavy atom. The van der Waals surface area contributed by atoms with Crippen LogP contribution in [-0.4, -0.2) is 34.3 Å². The Bertz CT molecular complexity index is 459. The molecule has 1 aromatic carbocycles. The summed E-state index contributed by atoms with van der Waals surface area (Å²) in [5, 5.41) is 0. The Labute approximate surface area is 122 Å². The molecule has 0 aromatic heterocycles. The van der Waals surface area contributed by atoms with Crippen molar-refractivity contribution in [2.45, 2.75) is 4.90 Å². The van der Waals surface area contributed by atoms with Crippen molar-refractivity contribution in [1.29, 1.82) is 0 Å². The van der Waals surface area contributed by atoms with Crippen molar-refractivity contribution in [2.24, 2.45) is 0 Å².